The largest absolute Gasteiger partial charge is 0.462 e. The van der Waals surface area contributed by atoms with Crippen LogP contribution in [0.4, 0.5) is 5.00 Å². The molecule has 0 atom stereocenters. The van der Waals surface area contributed by atoms with E-state index in [1.165, 1.54) is 11.3 Å². The first-order chi connectivity index (χ1) is 9.10. The highest BCUT2D eigenvalue weighted by atomic mass is 32.1. The number of hydrogen-bond acceptors (Lipinski definition) is 5. The third-order valence-corrected chi connectivity index (χ3v) is 3.91. The number of esters is 1. The van der Waals surface area contributed by atoms with Crippen molar-refractivity contribution in [1.29, 1.82) is 0 Å². The average molecular weight is 282 g/mol. The molecule has 1 amide bonds. The Morgan fingerprint density at radius 2 is 2.26 bits per heavy atom. The maximum atomic E-state index is 11.9. The number of thiophene rings is 1. The summed E-state index contributed by atoms with van der Waals surface area (Å²) in [4.78, 5) is 24.6. The minimum atomic E-state index is -0.382. The number of anilines is 1. The first-order valence-electron chi connectivity index (χ1n) is 6.38. The summed E-state index contributed by atoms with van der Waals surface area (Å²) < 4.78 is 4.98. The third-order valence-electron chi connectivity index (χ3n) is 2.94. The molecule has 0 bridgehead atoms. The molecule has 1 aromatic rings. The molecule has 0 radical (unpaired) electrons. The van der Waals surface area contributed by atoms with Gasteiger partial charge in [0.2, 0.25) is 5.91 Å². The van der Waals surface area contributed by atoms with Crippen LogP contribution in [0.2, 0.25) is 0 Å². The molecule has 104 valence electrons. The zero-order valence-electron chi connectivity index (χ0n) is 11.1. The Labute approximate surface area is 116 Å². The molecule has 19 heavy (non-hydrogen) atoms. The number of nitrogens with one attached hydrogen (secondary N) is 2. The summed E-state index contributed by atoms with van der Waals surface area (Å²) in [6.45, 7) is 5.77. The van der Waals surface area contributed by atoms with Crippen molar-refractivity contribution in [3.8, 4) is 0 Å². The van der Waals surface area contributed by atoms with Gasteiger partial charge in [0, 0.05) is 11.3 Å². The molecule has 1 saturated heterocycles. The van der Waals surface area contributed by atoms with Gasteiger partial charge in [-0.25, -0.2) is 4.79 Å². The van der Waals surface area contributed by atoms with Crippen LogP contribution < -0.4 is 10.6 Å². The molecule has 6 heteroatoms. The number of ether oxygens (including phenoxy) is 1. The number of carbonyl (C=O) groups excluding carboxylic acids is 2. The summed E-state index contributed by atoms with van der Waals surface area (Å²) in [6, 6.07) is 1.75. The second-order valence-electron chi connectivity index (χ2n) is 4.60. The van der Waals surface area contributed by atoms with Gasteiger partial charge in [-0.1, -0.05) is 0 Å². The first-order valence-corrected chi connectivity index (χ1v) is 7.20. The molecule has 2 rings (SSSR count). The van der Waals surface area contributed by atoms with Crippen molar-refractivity contribution in [2.45, 2.75) is 20.3 Å². The lowest BCUT2D eigenvalue weighted by Gasteiger charge is -2.26. The fourth-order valence-electron chi connectivity index (χ4n) is 1.90. The van der Waals surface area contributed by atoms with Gasteiger partial charge in [0.25, 0.3) is 0 Å². The summed E-state index contributed by atoms with van der Waals surface area (Å²) in [6.07, 6.45) is 0.492. The van der Waals surface area contributed by atoms with E-state index in [2.05, 4.69) is 10.6 Å². The quantitative estimate of drug-likeness (QED) is 0.808. The van der Waals surface area contributed by atoms with Crippen molar-refractivity contribution < 1.29 is 14.3 Å². The number of amides is 1. The Balaban J connectivity index is 2.01. The van der Waals surface area contributed by atoms with Crippen molar-refractivity contribution in [3.63, 3.8) is 0 Å². The minimum absolute atomic E-state index is 0.0427. The van der Waals surface area contributed by atoms with Crippen LogP contribution in [0, 0.1) is 12.8 Å². The van der Waals surface area contributed by atoms with E-state index in [0.29, 0.717) is 29.5 Å². The van der Waals surface area contributed by atoms with Gasteiger partial charge >= 0.3 is 5.97 Å². The molecule has 5 nitrogen and oxygen atoms in total. The Hall–Kier alpha value is -1.40. The van der Waals surface area contributed by atoms with Crippen LogP contribution in [0.3, 0.4) is 0 Å². The maximum absolute atomic E-state index is 11.9. The van der Waals surface area contributed by atoms with E-state index < -0.39 is 0 Å². The maximum Gasteiger partial charge on any atom is 0.341 e. The molecule has 2 N–H and O–H groups in total. The molecule has 1 fully saturated rings. The highest BCUT2D eigenvalue weighted by Gasteiger charge is 2.22. The average Bonchev–Trinajstić information content (AvgIpc) is 2.65. The van der Waals surface area contributed by atoms with Crippen molar-refractivity contribution in [1.82, 2.24) is 5.32 Å². The first kappa shape index (κ1) is 14.0. The van der Waals surface area contributed by atoms with E-state index in [1.54, 1.807) is 13.0 Å². The highest BCUT2D eigenvalue weighted by Crippen LogP contribution is 2.28. The second-order valence-corrected chi connectivity index (χ2v) is 5.85. The molecule has 0 unspecified atom stereocenters. The van der Waals surface area contributed by atoms with E-state index in [1.807, 2.05) is 6.92 Å². The van der Waals surface area contributed by atoms with Crippen LogP contribution in [-0.2, 0) is 9.53 Å². The number of hydrogen-bond donors (Lipinski definition) is 2. The SMILES string of the molecule is CCOC(=O)c1cc(C)sc1NC(=O)CC1CNC1. The lowest BCUT2D eigenvalue weighted by molar-refractivity contribution is -0.117. The van der Waals surface area contributed by atoms with Crippen LogP contribution in [-0.4, -0.2) is 31.6 Å². The predicted octanol–water partition coefficient (Wildman–Crippen LogP) is 1.78. The Bertz CT molecular complexity index is 480. The fraction of sp³-hybridized carbons (Fsp3) is 0.538. The van der Waals surface area contributed by atoms with Crippen molar-refractivity contribution in [2.75, 3.05) is 25.0 Å². The number of aryl methyl sites for hydroxylation is 1. The predicted molar refractivity (Wildman–Crippen MR) is 74.6 cm³/mol. The lowest BCUT2D eigenvalue weighted by Crippen LogP contribution is -2.43. The summed E-state index contributed by atoms with van der Waals surface area (Å²) in [5.41, 5.74) is 0.449. The van der Waals surface area contributed by atoms with Crippen LogP contribution in [0.25, 0.3) is 0 Å². The normalized spacial score (nSPS) is 14.8. The molecule has 0 saturated carbocycles. The van der Waals surface area contributed by atoms with Gasteiger partial charge in [0.05, 0.1) is 12.2 Å². The van der Waals surface area contributed by atoms with Gasteiger partial charge in [-0.3, -0.25) is 4.79 Å². The summed E-state index contributed by atoms with van der Waals surface area (Å²) >= 11 is 1.40. The van der Waals surface area contributed by atoms with Gasteiger partial charge in [-0.15, -0.1) is 11.3 Å². The van der Waals surface area contributed by atoms with Gasteiger partial charge in [-0.05, 0) is 38.9 Å². The van der Waals surface area contributed by atoms with Crippen molar-refractivity contribution in [3.05, 3.63) is 16.5 Å². The van der Waals surface area contributed by atoms with Crippen molar-refractivity contribution >= 4 is 28.2 Å². The van der Waals surface area contributed by atoms with Gasteiger partial charge in [-0.2, -0.15) is 0 Å². The molecule has 2 heterocycles. The van der Waals surface area contributed by atoms with Gasteiger partial charge in [0.1, 0.15) is 5.00 Å². The van der Waals surface area contributed by atoms with E-state index in [9.17, 15) is 9.59 Å². The molecule has 0 aliphatic carbocycles. The smallest absolute Gasteiger partial charge is 0.341 e. The van der Waals surface area contributed by atoms with E-state index in [-0.39, 0.29) is 11.9 Å². The third kappa shape index (κ3) is 3.54. The van der Waals surface area contributed by atoms with Crippen LogP contribution >= 0.6 is 11.3 Å². The topological polar surface area (TPSA) is 67.4 Å². The summed E-state index contributed by atoms with van der Waals surface area (Å²) in [7, 11) is 0. The zero-order valence-corrected chi connectivity index (χ0v) is 11.9. The monoisotopic (exact) mass is 282 g/mol. The van der Waals surface area contributed by atoms with Crippen molar-refractivity contribution in [2.24, 2.45) is 5.92 Å². The van der Waals surface area contributed by atoms with Gasteiger partial charge in [0.15, 0.2) is 0 Å². The van der Waals surface area contributed by atoms with Gasteiger partial charge < -0.3 is 15.4 Å². The Morgan fingerprint density at radius 1 is 1.53 bits per heavy atom. The minimum Gasteiger partial charge on any atom is -0.462 e. The van der Waals surface area contributed by atoms with Crippen LogP contribution in [0.5, 0.6) is 0 Å². The summed E-state index contributed by atoms with van der Waals surface area (Å²) in [5.74, 6) is -0.0153. The number of rotatable bonds is 5. The molecule has 0 spiro atoms. The molecule has 1 aliphatic rings. The summed E-state index contributed by atoms with van der Waals surface area (Å²) in [5, 5.41) is 6.54. The second kappa shape index (κ2) is 6.16. The van der Waals surface area contributed by atoms with Crippen LogP contribution in [0.15, 0.2) is 6.07 Å². The molecule has 0 aromatic carbocycles. The Kier molecular flexibility index (Phi) is 4.55. The molecule has 1 aromatic heterocycles. The molecular formula is C13H18N2O3S. The van der Waals surface area contributed by atoms with E-state index >= 15 is 0 Å². The van der Waals surface area contributed by atoms with Crippen LogP contribution in [0.1, 0.15) is 28.6 Å². The zero-order chi connectivity index (χ0) is 13.8. The number of carbonyl (C=O) groups is 2. The lowest BCUT2D eigenvalue weighted by atomic mass is 9.99. The van der Waals surface area contributed by atoms with E-state index in [0.717, 1.165) is 18.0 Å². The highest BCUT2D eigenvalue weighted by molar-refractivity contribution is 7.16. The fourth-order valence-corrected chi connectivity index (χ4v) is 2.82. The van der Waals surface area contributed by atoms with E-state index in [4.69, 9.17) is 4.74 Å². The molecule has 1 aliphatic heterocycles. The molecular weight excluding hydrogens is 264 g/mol. The Morgan fingerprint density at radius 3 is 2.84 bits per heavy atom. The standard InChI is InChI=1S/C13H18N2O3S/c1-3-18-13(17)10-4-8(2)19-12(10)15-11(16)5-9-6-14-7-9/h4,9,14H,3,5-7H2,1-2H3,(H,15,16).